The van der Waals surface area contributed by atoms with E-state index in [4.69, 9.17) is 4.74 Å². The number of likely N-dealkylation sites (tertiary alicyclic amines) is 1. The Labute approximate surface area is 121 Å². The zero-order chi connectivity index (χ0) is 14.9. The fourth-order valence-electron chi connectivity index (χ4n) is 3.03. The summed E-state index contributed by atoms with van der Waals surface area (Å²) in [7, 11) is 2.12. The van der Waals surface area contributed by atoms with Gasteiger partial charge in [-0.1, -0.05) is 20.8 Å². The van der Waals surface area contributed by atoms with Gasteiger partial charge in [0.2, 0.25) is 0 Å². The lowest BCUT2D eigenvalue weighted by Gasteiger charge is -2.30. The third kappa shape index (κ3) is 3.51. The van der Waals surface area contributed by atoms with E-state index in [1.165, 1.54) is 0 Å². The van der Waals surface area contributed by atoms with Crippen molar-refractivity contribution in [1.82, 2.24) is 4.90 Å². The maximum Gasteiger partial charge on any atom is 0.130 e. The minimum atomic E-state index is -0.180. The van der Waals surface area contributed by atoms with Crippen LogP contribution in [0.25, 0.3) is 0 Å². The number of halogens is 1. The average Bonchev–Trinajstić information content (AvgIpc) is 2.29. The van der Waals surface area contributed by atoms with Gasteiger partial charge < -0.3 is 9.64 Å². The van der Waals surface area contributed by atoms with E-state index in [9.17, 15) is 4.39 Å². The lowest BCUT2D eigenvalue weighted by atomic mass is 9.83. The van der Waals surface area contributed by atoms with Crippen molar-refractivity contribution in [3.63, 3.8) is 0 Å². The SMILES string of the molecule is Cc1cc(OC2CCN(C)CC2)cc(F)c1C(C)(C)C. The molecule has 0 bridgehead atoms. The van der Waals surface area contributed by atoms with Gasteiger partial charge in [0, 0.05) is 19.2 Å². The topological polar surface area (TPSA) is 12.5 Å². The van der Waals surface area contributed by atoms with E-state index in [0.29, 0.717) is 5.75 Å². The Morgan fingerprint density at radius 2 is 1.80 bits per heavy atom. The van der Waals surface area contributed by atoms with Gasteiger partial charge >= 0.3 is 0 Å². The molecule has 1 aromatic rings. The highest BCUT2D eigenvalue weighted by Crippen LogP contribution is 2.32. The number of hydrogen-bond acceptors (Lipinski definition) is 2. The average molecular weight is 279 g/mol. The van der Waals surface area contributed by atoms with E-state index in [2.05, 4.69) is 11.9 Å². The molecule has 0 aliphatic carbocycles. The molecule has 0 atom stereocenters. The van der Waals surface area contributed by atoms with Crippen LogP contribution in [-0.4, -0.2) is 31.1 Å². The minimum absolute atomic E-state index is 0.152. The number of ether oxygens (including phenoxy) is 1. The molecule has 1 fully saturated rings. The molecule has 112 valence electrons. The van der Waals surface area contributed by atoms with Gasteiger partial charge in [-0.3, -0.25) is 0 Å². The van der Waals surface area contributed by atoms with Crippen LogP contribution in [0.5, 0.6) is 5.75 Å². The van der Waals surface area contributed by atoms with Gasteiger partial charge in [0.05, 0.1) is 0 Å². The normalized spacial score (nSPS) is 18.3. The number of aryl methyl sites for hydroxylation is 1. The van der Waals surface area contributed by atoms with Crippen molar-refractivity contribution in [3.05, 3.63) is 29.1 Å². The molecular weight excluding hydrogens is 253 g/mol. The fourth-order valence-corrected chi connectivity index (χ4v) is 3.03. The Balaban J connectivity index is 2.14. The number of nitrogens with zero attached hydrogens (tertiary/aromatic N) is 1. The summed E-state index contributed by atoms with van der Waals surface area (Å²) in [6.07, 6.45) is 2.24. The van der Waals surface area contributed by atoms with Crippen LogP contribution in [-0.2, 0) is 5.41 Å². The minimum Gasteiger partial charge on any atom is -0.490 e. The van der Waals surface area contributed by atoms with Crippen LogP contribution in [0, 0.1) is 12.7 Å². The highest BCUT2D eigenvalue weighted by molar-refractivity contribution is 5.40. The predicted octanol–water partition coefficient (Wildman–Crippen LogP) is 3.90. The third-order valence-corrected chi connectivity index (χ3v) is 3.98. The van der Waals surface area contributed by atoms with Gasteiger partial charge in [-0.2, -0.15) is 0 Å². The zero-order valence-electron chi connectivity index (χ0n) is 13.3. The van der Waals surface area contributed by atoms with E-state index in [0.717, 1.165) is 37.1 Å². The van der Waals surface area contributed by atoms with E-state index in [1.807, 2.05) is 33.8 Å². The first-order valence-electron chi connectivity index (χ1n) is 7.43. The molecule has 0 spiro atoms. The Kier molecular flexibility index (Phi) is 4.38. The largest absolute Gasteiger partial charge is 0.490 e. The van der Waals surface area contributed by atoms with Crippen LogP contribution in [0.3, 0.4) is 0 Å². The molecule has 0 radical (unpaired) electrons. The van der Waals surface area contributed by atoms with Gasteiger partial charge in [0.25, 0.3) is 0 Å². The number of benzene rings is 1. The van der Waals surface area contributed by atoms with Crippen molar-refractivity contribution in [2.24, 2.45) is 0 Å². The summed E-state index contributed by atoms with van der Waals surface area (Å²) in [4.78, 5) is 2.30. The highest BCUT2D eigenvalue weighted by atomic mass is 19.1. The van der Waals surface area contributed by atoms with Gasteiger partial charge in [-0.05, 0) is 49.4 Å². The monoisotopic (exact) mass is 279 g/mol. The fraction of sp³-hybridized carbons (Fsp3) is 0.647. The van der Waals surface area contributed by atoms with Crippen molar-refractivity contribution in [1.29, 1.82) is 0 Å². The van der Waals surface area contributed by atoms with Crippen molar-refractivity contribution >= 4 is 0 Å². The maximum absolute atomic E-state index is 14.3. The van der Waals surface area contributed by atoms with Crippen LogP contribution in [0.4, 0.5) is 4.39 Å². The molecule has 2 rings (SSSR count). The van der Waals surface area contributed by atoms with E-state index >= 15 is 0 Å². The molecule has 1 heterocycles. The highest BCUT2D eigenvalue weighted by Gasteiger charge is 2.23. The number of rotatable bonds is 2. The second-order valence-corrected chi connectivity index (χ2v) is 6.97. The molecule has 0 amide bonds. The first kappa shape index (κ1) is 15.3. The van der Waals surface area contributed by atoms with Gasteiger partial charge in [0.1, 0.15) is 17.7 Å². The zero-order valence-corrected chi connectivity index (χ0v) is 13.3. The van der Waals surface area contributed by atoms with Crippen LogP contribution >= 0.6 is 0 Å². The predicted molar refractivity (Wildman–Crippen MR) is 81.0 cm³/mol. The molecule has 3 heteroatoms. The lowest BCUT2D eigenvalue weighted by molar-refractivity contribution is 0.114. The Bertz CT molecular complexity index is 447. The molecule has 1 aliphatic rings. The second-order valence-electron chi connectivity index (χ2n) is 6.97. The van der Waals surface area contributed by atoms with E-state index in [1.54, 1.807) is 6.07 Å². The number of piperidine rings is 1. The standard InChI is InChI=1S/C17H26FNO/c1-12-10-14(11-15(18)16(12)17(2,3)4)20-13-6-8-19(5)9-7-13/h10-11,13H,6-9H2,1-5H3. The quantitative estimate of drug-likeness (QED) is 0.814. The van der Waals surface area contributed by atoms with Crippen LogP contribution in [0.2, 0.25) is 0 Å². The summed E-state index contributed by atoms with van der Waals surface area (Å²) < 4.78 is 20.3. The van der Waals surface area contributed by atoms with E-state index in [-0.39, 0.29) is 17.3 Å². The lowest BCUT2D eigenvalue weighted by Crippen LogP contribution is -2.35. The summed E-state index contributed by atoms with van der Waals surface area (Å²) in [5, 5.41) is 0. The van der Waals surface area contributed by atoms with Crippen LogP contribution < -0.4 is 4.74 Å². The first-order valence-corrected chi connectivity index (χ1v) is 7.43. The van der Waals surface area contributed by atoms with Crippen molar-refractivity contribution in [3.8, 4) is 5.75 Å². The maximum atomic E-state index is 14.3. The summed E-state index contributed by atoms with van der Waals surface area (Å²) in [5.74, 6) is 0.517. The van der Waals surface area contributed by atoms with Gasteiger partial charge in [-0.15, -0.1) is 0 Å². The molecule has 20 heavy (non-hydrogen) atoms. The van der Waals surface area contributed by atoms with Crippen LogP contribution in [0.1, 0.15) is 44.7 Å². The van der Waals surface area contributed by atoms with Crippen LogP contribution in [0.15, 0.2) is 12.1 Å². The summed E-state index contributed by atoms with van der Waals surface area (Å²) >= 11 is 0. The first-order chi connectivity index (χ1) is 9.27. The third-order valence-electron chi connectivity index (χ3n) is 3.98. The van der Waals surface area contributed by atoms with Gasteiger partial charge in [-0.25, -0.2) is 4.39 Å². The molecule has 0 aromatic heterocycles. The van der Waals surface area contributed by atoms with Crippen molar-refractivity contribution in [2.45, 2.75) is 52.1 Å². The molecule has 1 aliphatic heterocycles. The molecule has 1 saturated heterocycles. The summed E-state index contributed by atoms with van der Waals surface area (Å²) in [6.45, 7) is 10.2. The Morgan fingerprint density at radius 1 is 1.20 bits per heavy atom. The molecule has 0 saturated carbocycles. The molecule has 0 unspecified atom stereocenters. The molecule has 1 aromatic carbocycles. The molecule has 2 nitrogen and oxygen atoms in total. The molecule has 0 N–H and O–H groups in total. The molecular formula is C17H26FNO. The second kappa shape index (κ2) is 5.72. The van der Waals surface area contributed by atoms with Crippen molar-refractivity contribution in [2.75, 3.05) is 20.1 Å². The summed E-state index contributed by atoms with van der Waals surface area (Å²) in [6, 6.07) is 3.52. The smallest absolute Gasteiger partial charge is 0.130 e. The Hall–Kier alpha value is -1.09. The van der Waals surface area contributed by atoms with Crippen molar-refractivity contribution < 1.29 is 9.13 Å². The van der Waals surface area contributed by atoms with Gasteiger partial charge in [0.15, 0.2) is 0 Å². The Morgan fingerprint density at radius 3 is 2.30 bits per heavy atom. The summed E-state index contributed by atoms with van der Waals surface area (Å²) in [5.41, 5.74) is 1.58. The van der Waals surface area contributed by atoms with E-state index < -0.39 is 0 Å². The number of hydrogen-bond donors (Lipinski definition) is 0.